The van der Waals surface area contributed by atoms with Gasteiger partial charge in [-0.25, -0.2) is 9.78 Å². The number of fused-ring (bicyclic) bond motifs is 1. The normalized spacial score (nSPS) is 10.8. The number of aryl methyl sites for hydroxylation is 2. The quantitative estimate of drug-likeness (QED) is 0.416. The highest BCUT2D eigenvalue weighted by atomic mass is 16.2. The highest BCUT2D eigenvalue weighted by Gasteiger charge is 2.10. The molecule has 1 heterocycles. The standard InChI is InChI=1S/C26H26N4O2/c1-3-4-7-19-10-12-20(13-11-19)28-26(32)29-21-14-16-22(17-15-21)30-18(2)27-24-9-6-5-8-23(24)25(30)31/h5-6,8-17H,3-4,7H2,1-2H3,(H2,28,29,32). The van der Waals surface area contributed by atoms with Gasteiger partial charge in [0.15, 0.2) is 0 Å². The van der Waals surface area contributed by atoms with E-state index in [-0.39, 0.29) is 11.6 Å². The van der Waals surface area contributed by atoms with E-state index in [1.54, 1.807) is 41.8 Å². The first kappa shape index (κ1) is 21.3. The van der Waals surface area contributed by atoms with Crippen LogP contribution in [0.5, 0.6) is 0 Å². The van der Waals surface area contributed by atoms with Gasteiger partial charge >= 0.3 is 6.03 Å². The number of para-hydroxylation sites is 1. The molecule has 6 heteroatoms. The van der Waals surface area contributed by atoms with Crippen molar-refractivity contribution in [3.63, 3.8) is 0 Å². The maximum absolute atomic E-state index is 12.9. The van der Waals surface area contributed by atoms with Gasteiger partial charge in [0.2, 0.25) is 0 Å². The van der Waals surface area contributed by atoms with Crippen molar-refractivity contribution in [2.75, 3.05) is 10.6 Å². The fraction of sp³-hybridized carbons (Fsp3) is 0.192. The molecule has 0 aliphatic carbocycles. The van der Waals surface area contributed by atoms with Gasteiger partial charge in [-0.1, -0.05) is 37.6 Å². The molecule has 0 spiro atoms. The molecule has 4 rings (SSSR count). The topological polar surface area (TPSA) is 76.0 Å². The van der Waals surface area contributed by atoms with Crippen molar-refractivity contribution in [2.24, 2.45) is 0 Å². The molecule has 0 saturated heterocycles. The van der Waals surface area contributed by atoms with Gasteiger partial charge in [-0.2, -0.15) is 0 Å². The van der Waals surface area contributed by atoms with Crippen LogP contribution in [-0.2, 0) is 6.42 Å². The van der Waals surface area contributed by atoms with Crippen LogP contribution in [-0.4, -0.2) is 15.6 Å². The molecule has 2 N–H and O–H groups in total. The molecule has 6 nitrogen and oxygen atoms in total. The fourth-order valence-electron chi connectivity index (χ4n) is 3.67. The predicted octanol–water partition coefficient (Wildman–Crippen LogP) is 5.68. The molecule has 1 aromatic heterocycles. The van der Waals surface area contributed by atoms with Crippen LogP contribution in [0.25, 0.3) is 16.6 Å². The lowest BCUT2D eigenvalue weighted by Gasteiger charge is -2.12. The molecule has 3 aromatic carbocycles. The molecule has 2 amide bonds. The van der Waals surface area contributed by atoms with Crippen LogP contribution in [0.15, 0.2) is 77.6 Å². The van der Waals surface area contributed by atoms with Crippen LogP contribution in [0.4, 0.5) is 16.2 Å². The Kier molecular flexibility index (Phi) is 6.31. The second-order valence-electron chi connectivity index (χ2n) is 7.74. The van der Waals surface area contributed by atoms with E-state index in [4.69, 9.17) is 0 Å². The summed E-state index contributed by atoms with van der Waals surface area (Å²) in [7, 11) is 0. The summed E-state index contributed by atoms with van der Waals surface area (Å²) in [6.45, 7) is 3.98. The summed E-state index contributed by atoms with van der Waals surface area (Å²) in [5.41, 5.74) is 3.89. The van der Waals surface area contributed by atoms with Crippen LogP contribution in [0, 0.1) is 6.92 Å². The third kappa shape index (κ3) is 4.70. The molecule has 0 fully saturated rings. The average molecular weight is 427 g/mol. The number of benzene rings is 3. The van der Waals surface area contributed by atoms with Crippen molar-refractivity contribution >= 4 is 28.3 Å². The number of anilines is 2. The minimum absolute atomic E-state index is 0.117. The van der Waals surface area contributed by atoms with Gasteiger partial charge in [-0.05, 0) is 73.9 Å². The Labute approximate surface area is 186 Å². The van der Waals surface area contributed by atoms with Crippen molar-refractivity contribution < 1.29 is 4.79 Å². The third-order valence-corrected chi connectivity index (χ3v) is 5.36. The molecule has 0 radical (unpaired) electrons. The van der Waals surface area contributed by atoms with E-state index in [1.165, 1.54) is 5.56 Å². The first-order chi connectivity index (χ1) is 15.5. The maximum atomic E-state index is 12.9. The van der Waals surface area contributed by atoms with Gasteiger partial charge in [0, 0.05) is 11.4 Å². The van der Waals surface area contributed by atoms with E-state index in [9.17, 15) is 9.59 Å². The number of hydrogen-bond acceptors (Lipinski definition) is 3. The second kappa shape index (κ2) is 9.47. The number of urea groups is 1. The summed E-state index contributed by atoms with van der Waals surface area (Å²) in [4.78, 5) is 29.8. The number of unbranched alkanes of at least 4 members (excludes halogenated alkanes) is 1. The molecule has 162 valence electrons. The molecule has 0 atom stereocenters. The highest BCUT2D eigenvalue weighted by molar-refractivity contribution is 5.99. The van der Waals surface area contributed by atoms with Crippen molar-refractivity contribution in [3.8, 4) is 5.69 Å². The zero-order valence-corrected chi connectivity index (χ0v) is 18.3. The van der Waals surface area contributed by atoms with Crippen LogP contribution in [0.3, 0.4) is 0 Å². The van der Waals surface area contributed by atoms with E-state index in [0.717, 1.165) is 24.9 Å². The van der Waals surface area contributed by atoms with E-state index >= 15 is 0 Å². The van der Waals surface area contributed by atoms with E-state index < -0.39 is 0 Å². The summed E-state index contributed by atoms with van der Waals surface area (Å²) in [6.07, 6.45) is 3.36. The Hall–Kier alpha value is -3.93. The van der Waals surface area contributed by atoms with Gasteiger partial charge in [0.05, 0.1) is 16.6 Å². The van der Waals surface area contributed by atoms with Crippen LogP contribution < -0.4 is 16.2 Å². The van der Waals surface area contributed by atoms with Crippen molar-refractivity contribution in [3.05, 3.63) is 94.5 Å². The minimum atomic E-state index is -0.320. The summed E-state index contributed by atoms with van der Waals surface area (Å²) in [5.74, 6) is 0.606. The van der Waals surface area contributed by atoms with Crippen molar-refractivity contribution in [2.45, 2.75) is 33.1 Å². The van der Waals surface area contributed by atoms with Crippen LogP contribution >= 0.6 is 0 Å². The summed E-state index contributed by atoms with van der Waals surface area (Å²) in [6, 6.07) is 22.0. The van der Waals surface area contributed by atoms with Gasteiger partial charge in [-0.3, -0.25) is 9.36 Å². The minimum Gasteiger partial charge on any atom is -0.308 e. The van der Waals surface area contributed by atoms with E-state index in [1.807, 2.05) is 42.5 Å². The number of aromatic nitrogens is 2. The Morgan fingerprint density at radius 1 is 0.906 bits per heavy atom. The largest absolute Gasteiger partial charge is 0.323 e. The number of nitrogens with zero attached hydrogens (tertiary/aromatic N) is 2. The highest BCUT2D eigenvalue weighted by Crippen LogP contribution is 2.17. The Balaban J connectivity index is 1.46. The predicted molar refractivity (Wildman–Crippen MR) is 130 cm³/mol. The summed E-state index contributed by atoms with van der Waals surface area (Å²) in [5, 5.41) is 6.24. The Morgan fingerprint density at radius 2 is 1.53 bits per heavy atom. The van der Waals surface area contributed by atoms with Gasteiger partial charge in [0.1, 0.15) is 5.82 Å². The molecular formula is C26H26N4O2. The molecule has 0 aliphatic heterocycles. The summed E-state index contributed by atoms with van der Waals surface area (Å²) >= 11 is 0. The Bertz CT molecular complexity index is 1290. The lowest BCUT2D eigenvalue weighted by Crippen LogP contribution is -2.22. The van der Waals surface area contributed by atoms with Crippen LogP contribution in [0.1, 0.15) is 31.2 Å². The zero-order valence-electron chi connectivity index (χ0n) is 18.3. The number of amides is 2. The molecular weight excluding hydrogens is 400 g/mol. The van der Waals surface area contributed by atoms with Gasteiger partial charge < -0.3 is 10.6 Å². The molecule has 0 aliphatic rings. The third-order valence-electron chi connectivity index (χ3n) is 5.36. The van der Waals surface area contributed by atoms with Gasteiger partial charge in [-0.15, -0.1) is 0 Å². The van der Waals surface area contributed by atoms with E-state index in [2.05, 4.69) is 22.5 Å². The fourth-order valence-corrected chi connectivity index (χ4v) is 3.67. The second-order valence-corrected chi connectivity index (χ2v) is 7.74. The molecule has 0 saturated carbocycles. The number of hydrogen-bond donors (Lipinski definition) is 2. The number of nitrogens with one attached hydrogen (secondary N) is 2. The Morgan fingerprint density at radius 3 is 2.19 bits per heavy atom. The average Bonchev–Trinajstić information content (AvgIpc) is 2.80. The smallest absolute Gasteiger partial charge is 0.308 e. The molecule has 0 bridgehead atoms. The molecule has 0 unspecified atom stereocenters. The molecule has 32 heavy (non-hydrogen) atoms. The van der Waals surface area contributed by atoms with Gasteiger partial charge in [0.25, 0.3) is 5.56 Å². The summed E-state index contributed by atoms with van der Waals surface area (Å²) < 4.78 is 1.58. The van der Waals surface area contributed by atoms with E-state index in [0.29, 0.717) is 28.1 Å². The number of carbonyl (C=O) groups is 1. The first-order valence-corrected chi connectivity index (χ1v) is 10.8. The monoisotopic (exact) mass is 426 g/mol. The number of rotatable bonds is 6. The molecule has 4 aromatic rings. The van der Waals surface area contributed by atoms with Crippen molar-refractivity contribution in [1.82, 2.24) is 9.55 Å². The maximum Gasteiger partial charge on any atom is 0.323 e. The SMILES string of the molecule is CCCCc1ccc(NC(=O)Nc2ccc(-n3c(C)nc4ccccc4c3=O)cc2)cc1. The first-order valence-electron chi connectivity index (χ1n) is 10.8. The zero-order chi connectivity index (χ0) is 22.5. The van der Waals surface area contributed by atoms with Crippen molar-refractivity contribution in [1.29, 1.82) is 0 Å². The lowest BCUT2D eigenvalue weighted by atomic mass is 10.1. The lowest BCUT2D eigenvalue weighted by molar-refractivity contribution is 0.262. The number of carbonyl (C=O) groups excluding carboxylic acids is 1. The van der Waals surface area contributed by atoms with Crippen LogP contribution in [0.2, 0.25) is 0 Å².